The number of anilines is 1. The Morgan fingerprint density at radius 3 is 2.92 bits per heavy atom. The fraction of sp³-hybridized carbons (Fsp3) is 0.176. The summed E-state index contributed by atoms with van der Waals surface area (Å²) in [7, 11) is 1.62. The molecular formula is C17H15ClN2O3S2. The molecule has 8 heteroatoms. The van der Waals surface area contributed by atoms with E-state index in [0.717, 1.165) is 9.88 Å². The van der Waals surface area contributed by atoms with E-state index < -0.39 is 0 Å². The Bertz CT molecular complexity index is 863. The topological polar surface area (TPSA) is 60.5 Å². The van der Waals surface area contributed by atoms with Crippen LogP contribution in [0.2, 0.25) is 4.34 Å². The second-order valence-corrected chi connectivity index (χ2v) is 7.54. The Morgan fingerprint density at radius 2 is 2.16 bits per heavy atom. The number of thiophene rings is 1. The predicted octanol–water partition coefficient (Wildman–Crippen LogP) is 4.80. The minimum atomic E-state index is -0.265. The number of halogens is 1. The van der Waals surface area contributed by atoms with Gasteiger partial charge in [0.2, 0.25) is 0 Å². The number of thiazole rings is 1. The second-order valence-electron chi connectivity index (χ2n) is 4.96. The van der Waals surface area contributed by atoms with Crippen LogP contribution in [-0.4, -0.2) is 31.2 Å². The van der Waals surface area contributed by atoms with Crippen LogP contribution in [0.15, 0.2) is 41.8 Å². The maximum absolute atomic E-state index is 12.4. The summed E-state index contributed by atoms with van der Waals surface area (Å²) in [4.78, 5) is 17.7. The van der Waals surface area contributed by atoms with Crippen molar-refractivity contribution < 1.29 is 14.3 Å². The maximum Gasteiger partial charge on any atom is 0.275 e. The normalized spacial score (nSPS) is 10.6. The molecule has 0 atom stereocenters. The number of aromatic nitrogens is 1. The number of benzene rings is 1. The molecule has 2 aromatic heterocycles. The van der Waals surface area contributed by atoms with Gasteiger partial charge in [-0.2, -0.15) is 0 Å². The highest BCUT2D eigenvalue weighted by atomic mass is 35.5. The molecule has 5 nitrogen and oxygen atoms in total. The van der Waals surface area contributed by atoms with Crippen molar-refractivity contribution in [1.82, 2.24) is 4.98 Å². The van der Waals surface area contributed by atoms with E-state index in [2.05, 4.69) is 10.3 Å². The van der Waals surface area contributed by atoms with Crippen LogP contribution in [0.25, 0.3) is 9.88 Å². The molecule has 130 valence electrons. The highest BCUT2D eigenvalue weighted by molar-refractivity contribution is 7.23. The summed E-state index contributed by atoms with van der Waals surface area (Å²) in [6.45, 7) is 0.956. The van der Waals surface area contributed by atoms with Crippen molar-refractivity contribution >= 4 is 45.9 Å². The van der Waals surface area contributed by atoms with Gasteiger partial charge in [-0.05, 0) is 24.3 Å². The SMILES string of the molecule is COCCOc1cccc(NC(=O)c2csc(-c3ccc(Cl)s3)n2)c1. The Balaban J connectivity index is 1.66. The molecule has 0 bridgehead atoms. The van der Waals surface area contributed by atoms with Crippen LogP contribution in [-0.2, 0) is 4.74 Å². The van der Waals surface area contributed by atoms with Crippen molar-refractivity contribution in [1.29, 1.82) is 0 Å². The third-order valence-corrected chi connectivity index (χ3v) is 5.41. The zero-order chi connectivity index (χ0) is 17.6. The molecule has 3 rings (SSSR count). The third kappa shape index (κ3) is 4.79. The van der Waals surface area contributed by atoms with Gasteiger partial charge in [-0.1, -0.05) is 17.7 Å². The van der Waals surface area contributed by atoms with Gasteiger partial charge < -0.3 is 14.8 Å². The van der Waals surface area contributed by atoms with Crippen molar-refractivity contribution in [3.8, 4) is 15.6 Å². The molecular weight excluding hydrogens is 380 g/mol. The molecule has 1 amide bonds. The van der Waals surface area contributed by atoms with Crippen LogP contribution >= 0.6 is 34.3 Å². The molecule has 1 N–H and O–H groups in total. The number of nitrogens with one attached hydrogen (secondary N) is 1. The van der Waals surface area contributed by atoms with Gasteiger partial charge in [0, 0.05) is 24.2 Å². The van der Waals surface area contributed by atoms with E-state index in [1.54, 1.807) is 24.6 Å². The van der Waals surface area contributed by atoms with Gasteiger partial charge >= 0.3 is 0 Å². The quantitative estimate of drug-likeness (QED) is 0.584. The van der Waals surface area contributed by atoms with Gasteiger partial charge in [-0.25, -0.2) is 4.98 Å². The molecule has 0 spiro atoms. The fourth-order valence-corrected chi connectivity index (χ4v) is 3.94. The maximum atomic E-state index is 12.4. The van der Waals surface area contributed by atoms with Gasteiger partial charge in [0.05, 0.1) is 15.8 Å². The summed E-state index contributed by atoms with van der Waals surface area (Å²) in [5.41, 5.74) is 1.02. The minimum absolute atomic E-state index is 0.265. The second kappa shape index (κ2) is 8.44. The number of carbonyl (C=O) groups excluding carboxylic acids is 1. The molecule has 0 radical (unpaired) electrons. The highest BCUT2D eigenvalue weighted by Crippen LogP contribution is 2.33. The lowest BCUT2D eigenvalue weighted by atomic mass is 10.3. The fourth-order valence-electron chi connectivity index (χ4n) is 2.02. The van der Waals surface area contributed by atoms with Crippen LogP contribution in [0, 0.1) is 0 Å². The first kappa shape index (κ1) is 17.9. The van der Waals surface area contributed by atoms with E-state index in [9.17, 15) is 4.79 Å². The Labute approximate surface area is 158 Å². The van der Waals surface area contributed by atoms with Crippen molar-refractivity contribution in [2.24, 2.45) is 0 Å². The average molecular weight is 395 g/mol. The van der Waals surface area contributed by atoms with E-state index in [1.165, 1.54) is 22.7 Å². The van der Waals surface area contributed by atoms with E-state index in [0.29, 0.717) is 34.7 Å². The summed E-state index contributed by atoms with van der Waals surface area (Å²) in [6.07, 6.45) is 0. The number of nitrogens with zero attached hydrogens (tertiary/aromatic N) is 1. The lowest BCUT2D eigenvalue weighted by Gasteiger charge is -2.08. The number of hydrogen-bond donors (Lipinski definition) is 1. The smallest absolute Gasteiger partial charge is 0.275 e. The van der Waals surface area contributed by atoms with Crippen molar-refractivity contribution in [3.63, 3.8) is 0 Å². The largest absolute Gasteiger partial charge is 0.491 e. The number of carbonyl (C=O) groups is 1. The van der Waals surface area contributed by atoms with Gasteiger partial charge in [0.25, 0.3) is 5.91 Å². The van der Waals surface area contributed by atoms with Crippen LogP contribution in [0.4, 0.5) is 5.69 Å². The predicted molar refractivity (Wildman–Crippen MR) is 102 cm³/mol. The first-order valence-corrected chi connectivity index (χ1v) is 9.47. The highest BCUT2D eigenvalue weighted by Gasteiger charge is 2.13. The first-order chi connectivity index (χ1) is 12.2. The first-order valence-electron chi connectivity index (χ1n) is 7.40. The molecule has 3 aromatic rings. The van der Waals surface area contributed by atoms with E-state index in [1.807, 2.05) is 24.3 Å². The molecule has 2 heterocycles. The van der Waals surface area contributed by atoms with Crippen LogP contribution in [0.5, 0.6) is 5.75 Å². The zero-order valence-electron chi connectivity index (χ0n) is 13.3. The zero-order valence-corrected chi connectivity index (χ0v) is 15.7. The summed E-state index contributed by atoms with van der Waals surface area (Å²) in [5, 5.41) is 5.34. The third-order valence-electron chi connectivity index (χ3n) is 3.17. The molecule has 0 unspecified atom stereocenters. The summed E-state index contributed by atoms with van der Waals surface area (Å²) in [5.74, 6) is 0.404. The monoisotopic (exact) mass is 394 g/mol. The van der Waals surface area contributed by atoms with E-state index in [-0.39, 0.29) is 5.91 Å². The standard InChI is InChI=1S/C17H15ClN2O3S2/c1-22-7-8-23-12-4-2-3-11(9-12)19-16(21)13-10-24-17(20-13)14-5-6-15(18)25-14/h2-6,9-10H,7-8H2,1H3,(H,19,21). The molecule has 0 aliphatic carbocycles. The van der Waals surface area contributed by atoms with Gasteiger partial charge in [0.15, 0.2) is 0 Å². The van der Waals surface area contributed by atoms with Crippen LogP contribution in [0.1, 0.15) is 10.5 Å². The molecule has 0 fully saturated rings. The van der Waals surface area contributed by atoms with E-state index >= 15 is 0 Å². The summed E-state index contributed by atoms with van der Waals surface area (Å²) in [6, 6.07) is 10.9. The molecule has 25 heavy (non-hydrogen) atoms. The number of ether oxygens (including phenoxy) is 2. The van der Waals surface area contributed by atoms with E-state index in [4.69, 9.17) is 21.1 Å². The minimum Gasteiger partial charge on any atom is -0.491 e. The van der Waals surface area contributed by atoms with Gasteiger partial charge in [-0.15, -0.1) is 22.7 Å². The molecule has 1 aromatic carbocycles. The van der Waals surface area contributed by atoms with Gasteiger partial charge in [-0.3, -0.25) is 4.79 Å². The summed E-state index contributed by atoms with van der Waals surface area (Å²) < 4.78 is 11.2. The Kier molecular flexibility index (Phi) is 6.04. The molecule has 0 saturated carbocycles. The van der Waals surface area contributed by atoms with Crippen molar-refractivity contribution in [2.45, 2.75) is 0 Å². The van der Waals surface area contributed by atoms with Crippen LogP contribution < -0.4 is 10.1 Å². The number of rotatable bonds is 7. The van der Waals surface area contributed by atoms with Crippen molar-refractivity contribution in [2.75, 3.05) is 25.6 Å². The Hall–Kier alpha value is -1.93. The number of hydrogen-bond acceptors (Lipinski definition) is 6. The lowest BCUT2D eigenvalue weighted by molar-refractivity contribution is 0.102. The van der Waals surface area contributed by atoms with Crippen LogP contribution in [0.3, 0.4) is 0 Å². The van der Waals surface area contributed by atoms with Gasteiger partial charge in [0.1, 0.15) is 23.1 Å². The summed E-state index contributed by atoms with van der Waals surface area (Å²) >= 11 is 8.79. The molecule has 0 saturated heterocycles. The van der Waals surface area contributed by atoms with Crippen molar-refractivity contribution in [3.05, 3.63) is 51.8 Å². The lowest BCUT2D eigenvalue weighted by Crippen LogP contribution is -2.12. The molecule has 0 aliphatic heterocycles. The number of amides is 1. The number of methoxy groups -OCH3 is 1. The molecule has 0 aliphatic rings. The average Bonchev–Trinajstić information content (AvgIpc) is 3.24. The Morgan fingerprint density at radius 1 is 1.28 bits per heavy atom.